The molecule has 2 nitrogen and oxygen atoms in total. The van der Waals surface area contributed by atoms with Crippen LogP contribution >= 0.6 is 0 Å². The molecule has 0 radical (unpaired) electrons. The van der Waals surface area contributed by atoms with E-state index in [4.69, 9.17) is 0 Å². The molecular formula is C8H10N2. The first-order valence-corrected chi connectivity index (χ1v) is 3.69. The zero-order valence-corrected chi connectivity index (χ0v) is 5.83. The maximum absolute atomic E-state index is 4.37. The van der Waals surface area contributed by atoms with Crippen LogP contribution in [0.15, 0.2) is 21.8 Å². The van der Waals surface area contributed by atoms with Crippen LogP contribution in [0.2, 0.25) is 0 Å². The fourth-order valence-corrected chi connectivity index (χ4v) is 1.37. The Kier molecular flexibility index (Phi) is 1.38. The Morgan fingerprint density at radius 3 is 3.30 bits per heavy atom. The lowest BCUT2D eigenvalue weighted by Gasteiger charge is -2.19. The van der Waals surface area contributed by atoms with Gasteiger partial charge in [0.1, 0.15) is 0 Å². The van der Waals surface area contributed by atoms with E-state index >= 15 is 0 Å². The average molecular weight is 134 g/mol. The van der Waals surface area contributed by atoms with Crippen molar-refractivity contribution in [1.29, 1.82) is 0 Å². The van der Waals surface area contributed by atoms with Crippen molar-refractivity contribution in [3.8, 4) is 0 Å². The molecule has 0 aliphatic carbocycles. The SMILES string of the molecule is C1=NC=C2CCC=NC2C1. The standard InChI is InChI=1S/C8H10N2/c1-2-7-6-9-5-3-8(7)10-4-1/h4-6,8H,1-3H2. The third kappa shape index (κ3) is 0.897. The average Bonchev–Trinajstić information content (AvgIpc) is 2.05. The van der Waals surface area contributed by atoms with Crippen LogP contribution in [-0.4, -0.2) is 18.5 Å². The van der Waals surface area contributed by atoms with Gasteiger partial charge in [0.15, 0.2) is 0 Å². The van der Waals surface area contributed by atoms with Crippen molar-refractivity contribution in [3.63, 3.8) is 0 Å². The normalized spacial score (nSPS) is 29.6. The Morgan fingerprint density at radius 1 is 1.40 bits per heavy atom. The van der Waals surface area contributed by atoms with E-state index in [1.807, 2.05) is 18.6 Å². The highest BCUT2D eigenvalue weighted by atomic mass is 14.8. The first-order chi connectivity index (χ1) is 4.97. The van der Waals surface area contributed by atoms with Crippen molar-refractivity contribution in [2.24, 2.45) is 9.98 Å². The second kappa shape index (κ2) is 2.37. The zero-order valence-electron chi connectivity index (χ0n) is 5.83. The van der Waals surface area contributed by atoms with Gasteiger partial charge in [0.05, 0.1) is 6.04 Å². The largest absolute Gasteiger partial charge is 0.289 e. The molecule has 0 aromatic rings. The van der Waals surface area contributed by atoms with Gasteiger partial charge in [-0.25, -0.2) is 0 Å². The van der Waals surface area contributed by atoms with Crippen molar-refractivity contribution in [3.05, 3.63) is 11.8 Å². The summed E-state index contributed by atoms with van der Waals surface area (Å²) in [6, 6.07) is 0.436. The van der Waals surface area contributed by atoms with Crippen LogP contribution in [0.1, 0.15) is 19.3 Å². The molecule has 0 bridgehead atoms. The Balaban J connectivity index is 2.26. The van der Waals surface area contributed by atoms with Gasteiger partial charge in [-0.1, -0.05) is 0 Å². The number of hydrogen-bond donors (Lipinski definition) is 0. The van der Waals surface area contributed by atoms with Crippen molar-refractivity contribution < 1.29 is 0 Å². The fraction of sp³-hybridized carbons (Fsp3) is 0.500. The molecule has 1 unspecified atom stereocenters. The van der Waals surface area contributed by atoms with Gasteiger partial charge in [0, 0.05) is 18.8 Å². The predicted molar refractivity (Wildman–Crippen MR) is 42.7 cm³/mol. The van der Waals surface area contributed by atoms with E-state index in [1.54, 1.807) is 0 Å². The number of hydrogen-bond acceptors (Lipinski definition) is 2. The predicted octanol–water partition coefficient (Wildman–Crippen LogP) is 1.58. The molecule has 0 N–H and O–H groups in total. The van der Waals surface area contributed by atoms with Gasteiger partial charge in [-0.3, -0.25) is 9.98 Å². The lowest BCUT2D eigenvalue weighted by molar-refractivity contribution is 0.727. The topological polar surface area (TPSA) is 24.7 Å². The van der Waals surface area contributed by atoms with Crippen LogP contribution in [-0.2, 0) is 0 Å². The van der Waals surface area contributed by atoms with Gasteiger partial charge in [0.25, 0.3) is 0 Å². The molecule has 2 heterocycles. The summed E-state index contributed by atoms with van der Waals surface area (Å²) in [7, 11) is 0. The lowest BCUT2D eigenvalue weighted by atomic mass is 9.97. The van der Waals surface area contributed by atoms with Crippen LogP contribution in [0.3, 0.4) is 0 Å². The molecule has 0 saturated heterocycles. The highest BCUT2D eigenvalue weighted by Gasteiger charge is 2.15. The minimum atomic E-state index is 0.436. The molecular weight excluding hydrogens is 124 g/mol. The quantitative estimate of drug-likeness (QED) is 0.480. The molecule has 10 heavy (non-hydrogen) atoms. The highest BCUT2D eigenvalue weighted by molar-refractivity contribution is 5.66. The number of rotatable bonds is 0. The number of aliphatic imine (C=N–C) groups is 2. The van der Waals surface area contributed by atoms with Gasteiger partial charge < -0.3 is 0 Å². The lowest BCUT2D eigenvalue weighted by Crippen LogP contribution is -2.15. The van der Waals surface area contributed by atoms with E-state index in [-0.39, 0.29) is 0 Å². The van der Waals surface area contributed by atoms with E-state index in [1.165, 1.54) is 5.57 Å². The maximum atomic E-state index is 4.37. The molecule has 0 aromatic heterocycles. The molecule has 0 spiro atoms. The van der Waals surface area contributed by atoms with Crippen LogP contribution in [0.25, 0.3) is 0 Å². The van der Waals surface area contributed by atoms with E-state index < -0.39 is 0 Å². The first kappa shape index (κ1) is 5.83. The zero-order chi connectivity index (χ0) is 6.81. The van der Waals surface area contributed by atoms with E-state index in [0.717, 1.165) is 19.3 Å². The minimum absolute atomic E-state index is 0.436. The smallest absolute Gasteiger partial charge is 0.0772 e. The molecule has 1 atom stereocenters. The van der Waals surface area contributed by atoms with Gasteiger partial charge in [0.2, 0.25) is 0 Å². The number of nitrogens with zero attached hydrogens (tertiary/aromatic N) is 2. The van der Waals surface area contributed by atoms with E-state index in [0.29, 0.717) is 6.04 Å². The van der Waals surface area contributed by atoms with Crippen LogP contribution in [0.4, 0.5) is 0 Å². The summed E-state index contributed by atoms with van der Waals surface area (Å²) in [4.78, 5) is 8.47. The maximum Gasteiger partial charge on any atom is 0.0772 e. The molecule has 2 aliphatic heterocycles. The monoisotopic (exact) mass is 134 g/mol. The van der Waals surface area contributed by atoms with Crippen LogP contribution in [0, 0.1) is 0 Å². The first-order valence-electron chi connectivity index (χ1n) is 3.69. The summed E-state index contributed by atoms with van der Waals surface area (Å²) >= 11 is 0. The number of fused-ring (bicyclic) bond motifs is 1. The molecule has 2 heteroatoms. The summed E-state index contributed by atoms with van der Waals surface area (Å²) in [5, 5.41) is 0. The Hall–Kier alpha value is -0.920. The van der Waals surface area contributed by atoms with Crippen LogP contribution in [0.5, 0.6) is 0 Å². The third-order valence-corrected chi connectivity index (χ3v) is 1.95. The molecule has 2 rings (SSSR count). The van der Waals surface area contributed by atoms with E-state index in [9.17, 15) is 0 Å². The fourth-order valence-electron chi connectivity index (χ4n) is 1.37. The van der Waals surface area contributed by atoms with Crippen LogP contribution < -0.4 is 0 Å². The van der Waals surface area contributed by atoms with Gasteiger partial charge in [-0.15, -0.1) is 0 Å². The molecule has 0 aromatic carbocycles. The molecule has 0 fully saturated rings. The summed E-state index contributed by atoms with van der Waals surface area (Å²) in [6.07, 6.45) is 9.19. The van der Waals surface area contributed by atoms with Crippen molar-refractivity contribution in [1.82, 2.24) is 0 Å². The summed E-state index contributed by atoms with van der Waals surface area (Å²) in [5.41, 5.74) is 1.41. The van der Waals surface area contributed by atoms with Gasteiger partial charge in [-0.2, -0.15) is 0 Å². The van der Waals surface area contributed by atoms with Crippen molar-refractivity contribution >= 4 is 12.4 Å². The second-order valence-electron chi connectivity index (χ2n) is 2.66. The molecule has 0 saturated carbocycles. The molecule has 2 aliphatic rings. The van der Waals surface area contributed by atoms with Gasteiger partial charge in [-0.05, 0) is 24.6 Å². The van der Waals surface area contributed by atoms with Gasteiger partial charge >= 0.3 is 0 Å². The minimum Gasteiger partial charge on any atom is -0.289 e. The molecule has 0 amide bonds. The second-order valence-corrected chi connectivity index (χ2v) is 2.66. The summed E-state index contributed by atoms with van der Waals surface area (Å²) in [5.74, 6) is 0. The van der Waals surface area contributed by atoms with Crippen molar-refractivity contribution in [2.45, 2.75) is 25.3 Å². The Morgan fingerprint density at radius 2 is 2.40 bits per heavy atom. The highest BCUT2D eigenvalue weighted by Crippen LogP contribution is 2.21. The summed E-state index contributed by atoms with van der Waals surface area (Å²) in [6.45, 7) is 0. The Labute approximate surface area is 60.4 Å². The summed E-state index contributed by atoms with van der Waals surface area (Å²) < 4.78 is 0. The van der Waals surface area contributed by atoms with E-state index in [2.05, 4.69) is 9.98 Å². The third-order valence-electron chi connectivity index (χ3n) is 1.95. The Bertz CT molecular complexity index is 213. The van der Waals surface area contributed by atoms with Crippen molar-refractivity contribution in [2.75, 3.05) is 0 Å². The molecule has 52 valence electrons.